The van der Waals surface area contributed by atoms with E-state index in [-0.39, 0.29) is 25.7 Å². The van der Waals surface area contributed by atoms with Gasteiger partial charge in [-0.3, -0.25) is 37.3 Å². The van der Waals surface area contributed by atoms with E-state index in [1.54, 1.807) is 0 Å². The number of rotatable bonds is 51. The molecule has 0 aromatic carbocycles. The van der Waals surface area contributed by atoms with Gasteiger partial charge in [0, 0.05) is 25.7 Å². The Kier molecular flexibility index (Phi) is 44.6. The van der Waals surface area contributed by atoms with Crippen LogP contribution in [0.4, 0.5) is 0 Å². The Bertz CT molecular complexity index is 1370. The second kappa shape index (κ2) is 45.9. The molecule has 408 valence electrons. The molecule has 0 radical (unpaired) electrons. The summed E-state index contributed by atoms with van der Waals surface area (Å²) in [6.07, 6.45) is 25.8. The lowest BCUT2D eigenvalue weighted by atomic mass is 10.1. The van der Waals surface area contributed by atoms with Crippen LogP contribution in [0, 0.1) is 0 Å². The van der Waals surface area contributed by atoms with E-state index in [1.807, 2.05) is 0 Å². The summed E-state index contributed by atoms with van der Waals surface area (Å²) in [6.45, 7) is 4.61. The molecule has 2 unspecified atom stereocenters. The minimum atomic E-state index is -4.92. The van der Waals surface area contributed by atoms with Gasteiger partial charge in [0.25, 0.3) is 0 Å². The lowest BCUT2D eigenvalue weighted by Gasteiger charge is -2.21. The van der Waals surface area contributed by atoms with Crippen LogP contribution in [0.2, 0.25) is 0 Å². The van der Waals surface area contributed by atoms with Crippen molar-refractivity contribution in [2.75, 3.05) is 39.6 Å². The first kappa shape index (κ1) is 67.1. The molecule has 0 aromatic rings. The summed E-state index contributed by atoms with van der Waals surface area (Å²) >= 11 is 0. The van der Waals surface area contributed by atoms with Gasteiger partial charge in [-0.1, -0.05) is 188 Å². The van der Waals surface area contributed by atoms with Crippen LogP contribution >= 0.6 is 15.6 Å². The van der Waals surface area contributed by atoms with Gasteiger partial charge in [-0.25, -0.2) is 9.13 Å². The fourth-order valence-corrected chi connectivity index (χ4v) is 8.74. The number of carbonyl (C=O) groups is 4. The van der Waals surface area contributed by atoms with Crippen LogP contribution in [-0.2, 0) is 65.4 Å². The predicted molar refractivity (Wildman–Crippen MR) is 266 cm³/mol. The summed E-state index contributed by atoms with van der Waals surface area (Å²) in [5, 5.41) is 10.4. The van der Waals surface area contributed by atoms with Crippen molar-refractivity contribution in [1.29, 1.82) is 0 Å². The second-order valence-corrected chi connectivity index (χ2v) is 21.1. The van der Waals surface area contributed by atoms with Gasteiger partial charge in [0.05, 0.1) is 26.4 Å². The van der Waals surface area contributed by atoms with Gasteiger partial charge in [0.15, 0.2) is 12.2 Å². The molecule has 0 bridgehead atoms. The lowest BCUT2D eigenvalue weighted by Crippen LogP contribution is -2.30. The van der Waals surface area contributed by atoms with Gasteiger partial charge < -0.3 is 33.8 Å². The third kappa shape index (κ3) is 45.7. The second-order valence-electron chi connectivity index (χ2n) is 18.2. The molecule has 0 aliphatic heterocycles. The zero-order valence-electron chi connectivity index (χ0n) is 43.3. The maximum atomic E-state index is 12.8. The lowest BCUT2D eigenvalue weighted by molar-refractivity contribution is -0.161. The van der Waals surface area contributed by atoms with E-state index in [1.165, 1.54) is 44.9 Å². The fraction of sp³-hybridized carbons (Fsp3) is 0.920. The molecule has 19 heteroatoms. The number of hydrogen-bond donors (Lipinski definition) is 3. The SMILES string of the molecule is CCCCCCCCCCCC(=O)OC[C@H](COP(=O)(O)OC[C@H](O)COP(=O)(O)OC[C@@H](COC(=O)CCCCCCCC)OC(=O)CCCCCCCCCC)OC(=O)CCCCCCCC. The van der Waals surface area contributed by atoms with Gasteiger partial charge in [0.2, 0.25) is 0 Å². The molecule has 0 rings (SSSR count). The van der Waals surface area contributed by atoms with Crippen LogP contribution in [0.25, 0.3) is 0 Å². The maximum Gasteiger partial charge on any atom is 0.472 e. The van der Waals surface area contributed by atoms with Crippen LogP contribution in [0.3, 0.4) is 0 Å². The minimum Gasteiger partial charge on any atom is -0.462 e. The summed E-state index contributed by atoms with van der Waals surface area (Å²) in [7, 11) is -9.84. The molecule has 3 N–H and O–H groups in total. The maximum absolute atomic E-state index is 12.8. The number of phosphoric ester groups is 2. The average molecular weight is 1030 g/mol. The number of aliphatic hydroxyl groups is 1. The number of unbranched alkanes of at least 4 members (excludes halogenated alkanes) is 25. The van der Waals surface area contributed by atoms with Crippen molar-refractivity contribution < 1.29 is 80.2 Å². The van der Waals surface area contributed by atoms with Crippen LogP contribution in [0.15, 0.2) is 0 Å². The molecule has 69 heavy (non-hydrogen) atoms. The van der Waals surface area contributed by atoms with E-state index < -0.39 is 97.5 Å². The first-order valence-electron chi connectivity index (χ1n) is 26.8. The zero-order valence-corrected chi connectivity index (χ0v) is 45.0. The quantitative estimate of drug-likeness (QED) is 0.0222. The number of phosphoric acid groups is 2. The van der Waals surface area contributed by atoms with E-state index in [9.17, 15) is 43.2 Å². The first-order valence-corrected chi connectivity index (χ1v) is 29.8. The van der Waals surface area contributed by atoms with Crippen molar-refractivity contribution in [2.45, 2.75) is 258 Å². The average Bonchev–Trinajstić information content (AvgIpc) is 3.32. The Morgan fingerprint density at radius 2 is 0.580 bits per heavy atom. The molecule has 0 fully saturated rings. The van der Waals surface area contributed by atoms with E-state index in [2.05, 4.69) is 27.7 Å². The Labute approximate surface area is 416 Å². The highest BCUT2D eigenvalue weighted by molar-refractivity contribution is 7.47. The van der Waals surface area contributed by atoms with Gasteiger partial charge in [-0.15, -0.1) is 0 Å². The van der Waals surface area contributed by atoms with Crippen LogP contribution in [0.5, 0.6) is 0 Å². The number of aliphatic hydroxyl groups excluding tert-OH is 1. The summed E-state index contributed by atoms with van der Waals surface area (Å²) in [4.78, 5) is 71.0. The third-order valence-electron chi connectivity index (χ3n) is 11.4. The van der Waals surface area contributed by atoms with Crippen LogP contribution in [0.1, 0.15) is 240 Å². The predicted octanol–water partition coefficient (Wildman–Crippen LogP) is 12.5. The van der Waals surface area contributed by atoms with E-state index >= 15 is 0 Å². The monoisotopic (exact) mass is 1030 g/mol. The van der Waals surface area contributed by atoms with E-state index in [0.29, 0.717) is 25.7 Å². The standard InChI is InChI=1S/C50H96O17P2/c1-5-9-13-17-21-23-25-28-31-35-48(53)61-41-45(66-49(54)36-32-27-20-16-12-8-4)42-64-68(56,57)62-38-44(51)39-63-69(58,59)65-43-46(40-60-47(52)34-30-26-19-15-11-7-3)67-50(55)37-33-29-24-22-18-14-10-6-2/h44-46,51H,5-43H2,1-4H3,(H,56,57)(H,58,59)/t44-,45+,46+/m0/s1. The number of ether oxygens (including phenoxy) is 4. The molecule has 0 saturated carbocycles. The third-order valence-corrected chi connectivity index (χ3v) is 13.3. The smallest absolute Gasteiger partial charge is 0.462 e. The van der Waals surface area contributed by atoms with Crippen molar-refractivity contribution >= 4 is 39.5 Å². The number of carbonyl (C=O) groups excluding carboxylic acids is 4. The van der Waals surface area contributed by atoms with Crippen molar-refractivity contribution in [3.8, 4) is 0 Å². The van der Waals surface area contributed by atoms with Gasteiger partial charge in [-0.2, -0.15) is 0 Å². The largest absolute Gasteiger partial charge is 0.472 e. The molecular weight excluding hydrogens is 934 g/mol. The highest BCUT2D eigenvalue weighted by Gasteiger charge is 2.30. The number of hydrogen-bond acceptors (Lipinski definition) is 15. The van der Waals surface area contributed by atoms with Crippen molar-refractivity contribution in [2.24, 2.45) is 0 Å². The highest BCUT2D eigenvalue weighted by atomic mass is 31.2. The normalized spacial score (nSPS) is 14.6. The topological polar surface area (TPSA) is 237 Å². The summed E-state index contributed by atoms with van der Waals surface area (Å²) in [5.74, 6) is -2.17. The molecule has 0 heterocycles. The molecule has 0 aliphatic carbocycles. The summed E-state index contributed by atoms with van der Waals surface area (Å²) < 4.78 is 67.0. The molecule has 0 saturated heterocycles. The van der Waals surface area contributed by atoms with Gasteiger partial charge in [-0.05, 0) is 25.7 Å². The van der Waals surface area contributed by atoms with Crippen molar-refractivity contribution in [3.63, 3.8) is 0 Å². The Morgan fingerprint density at radius 1 is 0.348 bits per heavy atom. The molecule has 0 amide bonds. The zero-order chi connectivity index (χ0) is 51.3. The van der Waals surface area contributed by atoms with Gasteiger partial charge in [0.1, 0.15) is 19.3 Å². The molecule has 17 nitrogen and oxygen atoms in total. The summed E-state index contributed by atoms with van der Waals surface area (Å²) in [5.41, 5.74) is 0. The number of esters is 4. The van der Waals surface area contributed by atoms with Crippen molar-refractivity contribution in [3.05, 3.63) is 0 Å². The molecular formula is C50H96O17P2. The van der Waals surface area contributed by atoms with Crippen LogP contribution < -0.4 is 0 Å². The fourth-order valence-electron chi connectivity index (χ4n) is 7.16. The van der Waals surface area contributed by atoms with Crippen LogP contribution in [-0.4, -0.2) is 96.7 Å². The highest BCUT2D eigenvalue weighted by Crippen LogP contribution is 2.45. The summed E-state index contributed by atoms with van der Waals surface area (Å²) in [6, 6.07) is 0. The minimum absolute atomic E-state index is 0.102. The molecule has 0 aliphatic rings. The van der Waals surface area contributed by atoms with E-state index in [0.717, 1.165) is 116 Å². The Morgan fingerprint density at radius 3 is 0.855 bits per heavy atom. The molecule has 0 spiro atoms. The molecule has 5 atom stereocenters. The van der Waals surface area contributed by atoms with Crippen molar-refractivity contribution in [1.82, 2.24) is 0 Å². The Hall–Kier alpha value is -1.94. The van der Waals surface area contributed by atoms with Gasteiger partial charge >= 0.3 is 39.5 Å². The van der Waals surface area contributed by atoms with E-state index in [4.69, 9.17) is 37.0 Å². The Balaban J connectivity index is 5.15. The first-order chi connectivity index (χ1) is 33.2. The molecule has 0 aromatic heterocycles.